The van der Waals surface area contributed by atoms with Crippen molar-refractivity contribution in [3.05, 3.63) is 57.3 Å². The van der Waals surface area contributed by atoms with Crippen LogP contribution in [0.25, 0.3) is 0 Å². The highest BCUT2D eigenvalue weighted by molar-refractivity contribution is 6.34. The number of nitrogens with zero attached hydrogens (tertiary/aromatic N) is 1. The van der Waals surface area contributed by atoms with Gasteiger partial charge >= 0.3 is 0 Å². The number of pyridine rings is 1. The minimum Gasteiger partial charge on any atom is -0.508 e. The second kappa shape index (κ2) is 5.59. The first-order chi connectivity index (χ1) is 8.99. The Morgan fingerprint density at radius 3 is 2.74 bits per heavy atom. The molecule has 0 saturated heterocycles. The van der Waals surface area contributed by atoms with Crippen molar-refractivity contribution in [1.82, 2.24) is 4.98 Å². The third-order valence-corrected chi connectivity index (χ3v) is 3.49. The second-order valence-electron chi connectivity index (χ2n) is 4.19. The first-order valence-electron chi connectivity index (χ1n) is 5.59. The van der Waals surface area contributed by atoms with Crippen molar-refractivity contribution in [3.8, 4) is 5.75 Å². The maximum atomic E-state index is 12.1. The molecule has 0 spiro atoms. The summed E-state index contributed by atoms with van der Waals surface area (Å²) in [4.78, 5) is 15.9. The van der Waals surface area contributed by atoms with Crippen LogP contribution in [0.4, 0.5) is 0 Å². The molecule has 3 nitrogen and oxygen atoms in total. The van der Waals surface area contributed by atoms with Gasteiger partial charge < -0.3 is 5.11 Å². The first kappa shape index (κ1) is 13.8. The fraction of sp³-hybridized carbons (Fsp3) is 0.143. The summed E-state index contributed by atoms with van der Waals surface area (Å²) in [5.41, 5.74) is 1.62. The molecule has 0 aliphatic heterocycles. The number of rotatable bonds is 3. The van der Waals surface area contributed by atoms with Crippen LogP contribution in [0.15, 0.2) is 30.6 Å². The molecule has 1 aromatic heterocycles. The lowest BCUT2D eigenvalue weighted by Gasteiger charge is -2.07. The number of Topliss-reactive ketones (excluding diaryl/α,β-unsaturated/α-hetero) is 1. The molecule has 1 N–H and O–H groups in total. The van der Waals surface area contributed by atoms with Gasteiger partial charge in [-0.15, -0.1) is 0 Å². The molecule has 2 aromatic rings. The number of aromatic nitrogens is 1. The molecule has 19 heavy (non-hydrogen) atoms. The van der Waals surface area contributed by atoms with Crippen molar-refractivity contribution in [2.24, 2.45) is 0 Å². The van der Waals surface area contributed by atoms with Crippen molar-refractivity contribution >= 4 is 29.0 Å². The number of ketones is 1. The van der Waals surface area contributed by atoms with Gasteiger partial charge in [0.1, 0.15) is 5.75 Å². The van der Waals surface area contributed by atoms with Gasteiger partial charge in [0.05, 0.1) is 5.02 Å². The number of phenols is 1. The number of phenolic OH excluding ortho intramolecular Hbond substituents is 1. The van der Waals surface area contributed by atoms with E-state index in [1.807, 2.05) is 0 Å². The summed E-state index contributed by atoms with van der Waals surface area (Å²) in [6, 6.07) is 4.69. The predicted octanol–water partition coefficient (Wildman–Crippen LogP) is 3.83. The predicted molar refractivity (Wildman–Crippen MR) is 75.1 cm³/mol. The van der Waals surface area contributed by atoms with Crippen LogP contribution >= 0.6 is 23.2 Å². The number of carbonyl (C=O) groups is 1. The molecule has 0 saturated carbocycles. The molecule has 0 fully saturated rings. The van der Waals surface area contributed by atoms with E-state index in [9.17, 15) is 9.90 Å². The van der Waals surface area contributed by atoms with E-state index < -0.39 is 0 Å². The molecule has 5 heteroatoms. The summed E-state index contributed by atoms with van der Waals surface area (Å²) in [5.74, 6) is -0.136. The summed E-state index contributed by atoms with van der Waals surface area (Å²) < 4.78 is 0. The Labute approximate surface area is 120 Å². The lowest BCUT2D eigenvalue weighted by molar-refractivity contribution is 0.0992. The van der Waals surface area contributed by atoms with Crippen LogP contribution in [0.3, 0.4) is 0 Å². The molecular formula is C14H11Cl2NO2. The molecule has 1 heterocycles. The molecule has 98 valence electrons. The largest absolute Gasteiger partial charge is 0.508 e. The third kappa shape index (κ3) is 3.06. The number of aromatic hydroxyl groups is 1. The lowest BCUT2D eigenvalue weighted by atomic mass is 10.0. The minimum atomic E-state index is -0.192. The van der Waals surface area contributed by atoms with Gasteiger partial charge in [0, 0.05) is 35.0 Å². The van der Waals surface area contributed by atoms with E-state index in [4.69, 9.17) is 23.2 Å². The Balaban J connectivity index is 2.30. The molecule has 1 aromatic carbocycles. The zero-order chi connectivity index (χ0) is 14.0. The quantitative estimate of drug-likeness (QED) is 0.876. The number of hydrogen-bond donors (Lipinski definition) is 1. The molecular weight excluding hydrogens is 285 g/mol. The molecule has 0 unspecified atom stereocenters. The minimum absolute atomic E-state index is 0.0373. The van der Waals surface area contributed by atoms with Crippen LogP contribution in [0.2, 0.25) is 10.0 Å². The van der Waals surface area contributed by atoms with Crippen LogP contribution in [0.1, 0.15) is 21.5 Å². The van der Waals surface area contributed by atoms with Gasteiger partial charge in [-0.05, 0) is 30.7 Å². The van der Waals surface area contributed by atoms with Gasteiger partial charge in [-0.25, -0.2) is 0 Å². The maximum absolute atomic E-state index is 12.1. The Morgan fingerprint density at radius 1 is 1.32 bits per heavy atom. The molecule has 0 atom stereocenters. The molecule has 2 rings (SSSR count). The standard InChI is InChI=1S/C14H11Cl2NO2/c1-8-4-13(18)9(5-11(8)15)6-14(19)10-2-3-17-7-12(10)16/h2-5,7,18H,6H2,1H3. The SMILES string of the molecule is Cc1cc(O)c(CC(=O)c2ccncc2Cl)cc1Cl. The topological polar surface area (TPSA) is 50.2 Å². The van der Waals surface area contributed by atoms with Gasteiger partial charge in [0.25, 0.3) is 0 Å². The van der Waals surface area contributed by atoms with Crippen LogP contribution in [-0.4, -0.2) is 15.9 Å². The normalized spacial score (nSPS) is 10.5. The highest BCUT2D eigenvalue weighted by atomic mass is 35.5. The highest BCUT2D eigenvalue weighted by Gasteiger charge is 2.14. The molecule has 0 radical (unpaired) electrons. The maximum Gasteiger partial charge on any atom is 0.168 e. The summed E-state index contributed by atoms with van der Waals surface area (Å²) in [5, 5.41) is 10.6. The van der Waals surface area contributed by atoms with E-state index in [0.29, 0.717) is 21.2 Å². The first-order valence-corrected chi connectivity index (χ1v) is 6.35. The third-order valence-electron chi connectivity index (χ3n) is 2.78. The Hall–Kier alpha value is -1.58. The Kier molecular flexibility index (Phi) is 4.08. The van der Waals surface area contributed by atoms with Crippen molar-refractivity contribution in [3.63, 3.8) is 0 Å². The van der Waals surface area contributed by atoms with Gasteiger partial charge in [0.2, 0.25) is 0 Å². The van der Waals surface area contributed by atoms with Crippen molar-refractivity contribution < 1.29 is 9.90 Å². The monoisotopic (exact) mass is 295 g/mol. The average Bonchev–Trinajstić information content (AvgIpc) is 2.36. The van der Waals surface area contributed by atoms with Crippen LogP contribution in [0.5, 0.6) is 5.75 Å². The van der Waals surface area contributed by atoms with Crippen LogP contribution in [-0.2, 0) is 6.42 Å². The van der Waals surface area contributed by atoms with Crippen molar-refractivity contribution in [1.29, 1.82) is 0 Å². The number of carbonyl (C=O) groups excluding carboxylic acids is 1. The fourth-order valence-corrected chi connectivity index (χ4v) is 2.13. The van der Waals surface area contributed by atoms with E-state index in [2.05, 4.69) is 4.98 Å². The summed E-state index contributed by atoms with van der Waals surface area (Å²) in [6.45, 7) is 1.79. The number of halogens is 2. The number of aryl methyl sites for hydroxylation is 1. The van der Waals surface area contributed by atoms with Gasteiger partial charge in [0.15, 0.2) is 5.78 Å². The Morgan fingerprint density at radius 2 is 2.05 bits per heavy atom. The average molecular weight is 296 g/mol. The molecule has 0 amide bonds. The molecule has 0 aliphatic rings. The van der Waals surface area contributed by atoms with Crippen LogP contribution in [0, 0.1) is 6.92 Å². The van der Waals surface area contributed by atoms with Crippen LogP contribution < -0.4 is 0 Å². The molecule has 0 bridgehead atoms. The summed E-state index contributed by atoms with van der Waals surface area (Å²) in [6.07, 6.45) is 2.95. The highest BCUT2D eigenvalue weighted by Crippen LogP contribution is 2.27. The summed E-state index contributed by atoms with van der Waals surface area (Å²) in [7, 11) is 0. The van der Waals surface area contributed by atoms with E-state index in [1.165, 1.54) is 12.4 Å². The summed E-state index contributed by atoms with van der Waals surface area (Å²) >= 11 is 11.9. The zero-order valence-corrected chi connectivity index (χ0v) is 11.7. The number of hydrogen-bond acceptors (Lipinski definition) is 3. The van der Waals surface area contributed by atoms with E-state index in [0.717, 1.165) is 5.56 Å². The van der Waals surface area contributed by atoms with E-state index in [-0.39, 0.29) is 18.0 Å². The fourth-order valence-electron chi connectivity index (χ4n) is 1.72. The van der Waals surface area contributed by atoms with Gasteiger partial charge in [-0.2, -0.15) is 0 Å². The lowest BCUT2D eigenvalue weighted by Crippen LogP contribution is -2.05. The van der Waals surface area contributed by atoms with Gasteiger partial charge in [-0.1, -0.05) is 23.2 Å². The van der Waals surface area contributed by atoms with Crippen molar-refractivity contribution in [2.75, 3.05) is 0 Å². The van der Waals surface area contributed by atoms with E-state index >= 15 is 0 Å². The Bertz CT molecular complexity index is 641. The number of benzene rings is 1. The smallest absolute Gasteiger partial charge is 0.168 e. The van der Waals surface area contributed by atoms with Gasteiger partial charge in [-0.3, -0.25) is 9.78 Å². The second-order valence-corrected chi connectivity index (χ2v) is 5.00. The van der Waals surface area contributed by atoms with E-state index in [1.54, 1.807) is 25.1 Å². The van der Waals surface area contributed by atoms with Crippen molar-refractivity contribution in [2.45, 2.75) is 13.3 Å². The zero-order valence-electron chi connectivity index (χ0n) is 10.2. The molecule has 0 aliphatic carbocycles.